The Balaban J connectivity index is 3.02. The van der Waals surface area contributed by atoms with E-state index in [4.69, 9.17) is 0 Å². The summed E-state index contributed by atoms with van der Waals surface area (Å²) in [5.41, 5.74) is 0.642. The molecular formula is C14H21FN2OS. The van der Waals surface area contributed by atoms with E-state index >= 15 is 0 Å². The fraction of sp³-hybridized carbons (Fsp3) is 0.500. The largest absolute Gasteiger partial charge is 0.385 e. The zero-order valence-electron chi connectivity index (χ0n) is 11.9. The molecule has 0 saturated carbocycles. The van der Waals surface area contributed by atoms with Gasteiger partial charge in [-0.1, -0.05) is 13.0 Å². The van der Waals surface area contributed by atoms with E-state index in [0.717, 1.165) is 12.2 Å². The van der Waals surface area contributed by atoms with Crippen LogP contribution in [0, 0.1) is 5.82 Å². The number of rotatable bonds is 6. The topological polar surface area (TPSA) is 32.3 Å². The number of halogens is 1. The lowest BCUT2D eigenvalue weighted by Crippen LogP contribution is -2.38. The van der Waals surface area contributed by atoms with Crippen molar-refractivity contribution in [1.82, 2.24) is 4.90 Å². The van der Waals surface area contributed by atoms with Gasteiger partial charge in [-0.05, 0) is 24.8 Å². The molecule has 1 rings (SSSR count). The molecule has 0 spiro atoms. The van der Waals surface area contributed by atoms with Gasteiger partial charge in [0.1, 0.15) is 5.82 Å². The third-order valence-corrected chi connectivity index (χ3v) is 3.91. The van der Waals surface area contributed by atoms with Crippen LogP contribution in [0.2, 0.25) is 0 Å². The van der Waals surface area contributed by atoms with Crippen molar-refractivity contribution in [2.75, 3.05) is 31.4 Å². The van der Waals surface area contributed by atoms with Gasteiger partial charge in [0.2, 0.25) is 0 Å². The van der Waals surface area contributed by atoms with Crippen LogP contribution in [0.4, 0.5) is 10.1 Å². The Kier molecular flexibility index (Phi) is 6.15. The Labute approximate surface area is 118 Å². The Hall–Kier alpha value is -1.23. The van der Waals surface area contributed by atoms with Crippen LogP contribution in [0.25, 0.3) is 0 Å². The number of carbonyl (C=O) groups is 1. The average molecular weight is 284 g/mol. The summed E-state index contributed by atoms with van der Waals surface area (Å²) in [6.45, 7) is 2.05. The highest BCUT2D eigenvalue weighted by molar-refractivity contribution is 7.98. The number of carbonyl (C=O) groups excluding carboxylic acids is 1. The zero-order valence-corrected chi connectivity index (χ0v) is 12.7. The quantitative estimate of drug-likeness (QED) is 0.871. The smallest absolute Gasteiger partial charge is 0.256 e. The van der Waals surface area contributed by atoms with Crippen molar-refractivity contribution in [3.05, 3.63) is 29.6 Å². The maximum atomic E-state index is 13.7. The van der Waals surface area contributed by atoms with E-state index in [2.05, 4.69) is 12.2 Å². The van der Waals surface area contributed by atoms with Gasteiger partial charge in [0, 0.05) is 25.9 Å². The zero-order chi connectivity index (χ0) is 14.4. The summed E-state index contributed by atoms with van der Waals surface area (Å²) >= 11 is 1.70. The normalized spacial score (nSPS) is 12.1. The van der Waals surface area contributed by atoms with E-state index in [1.54, 1.807) is 42.9 Å². The van der Waals surface area contributed by atoms with Gasteiger partial charge in [-0.2, -0.15) is 11.8 Å². The minimum Gasteiger partial charge on any atom is -0.385 e. The molecule has 0 bridgehead atoms. The van der Waals surface area contributed by atoms with E-state index in [1.807, 2.05) is 6.26 Å². The second-order valence-corrected chi connectivity index (χ2v) is 5.26. The van der Waals surface area contributed by atoms with E-state index in [9.17, 15) is 9.18 Å². The first kappa shape index (κ1) is 15.8. The van der Waals surface area contributed by atoms with Crippen molar-refractivity contribution in [3.8, 4) is 0 Å². The van der Waals surface area contributed by atoms with Crippen LogP contribution in [-0.2, 0) is 0 Å². The van der Waals surface area contributed by atoms with Gasteiger partial charge < -0.3 is 10.2 Å². The standard InChI is InChI=1S/C14H21FN2OS/c1-5-10(9-19-4)17(3)14(18)11-7-6-8-12(15)13(11)16-2/h6-8,10,16H,5,9H2,1-4H3. The first-order chi connectivity index (χ1) is 9.06. The SMILES string of the molecule is CCC(CSC)N(C)C(=O)c1cccc(F)c1NC. The Morgan fingerprint density at radius 2 is 2.21 bits per heavy atom. The van der Waals surface area contributed by atoms with Crippen molar-refractivity contribution < 1.29 is 9.18 Å². The molecule has 3 nitrogen and oxygen atoms in total. The van der Waals surface area contributed by atoms with Crippen molar-refractivity contribution in [3.63, 3.8) is 0 Å². The van der Waals surface area contributed by atoms with Crippen LogP contribution in [0.5, 0.6) is 0 Å². The van der Waals surface area contributed by atoms with Crippen molar-refractivity contribution >= 4 is 23.4 Å². The highest BCUT2D eigenvalue weighted by Crippen LogP contribution is 2.22. The van der Waals surface area contributed by atoms with Gasteiger partial charge in [-0.3, -0.25) is 4.79 Å². The number of hydrogen-bond donors (Lipinski definition) is 1. The third kappa shape index (κ3) is 3.62. The van der Waals surface area contributed by atoms with Crippen molar-refractivity contribution in [2.45, 2.75) is 19.4 Å². The predicted molar refractivity (Wildman–Crippen MR) is 80.5 cm³/mol. The minimum absolute atomic E-state index is 0.148. The summed E-state index contributed by atoms with van der Waals surface area (Å²) in [7, 11) is 3.39. The fourth-order valence-electron chi connectivity index (χ4n) is 2.01. The Bertz CT molecular complexity index is 439. The van der Waals surface area contributed by atoms with E-state index in [-0.39, 0.29) is 17.6 Å². The van der Waals surface area contributed by atoms with Crippen LogP contribution >= 0.6 is 11.8 Å². The Morgan fingerprint density at radius 3 is 2.74 bits per heavy atom. The summed E-state index contributed by atoms with van der Waals surface area (Å²) in [4.78, 5) is 14.2. The summed E-state index contributed by atoms with van der Waals surface area (Å²) < 4.78 is 13.7. The predicted octanol–water partition coefficient (Wildman–Crippen LogP) is 3.08. The van der Waals surface area contributed by atoms with E-state index in [0.29, 0.717) is 5.56 Å². The monoisotopic (exact) mass is 284 g/mol. The van der Waals surface area contributed by atoms with Gasteiger partial charge in [-0.15, -0.1) is 0 Å². The number of nitrogens with zero attached hydrogens (tertiary/aromatic N) is 1. The van der Waals surface area contributed by atoms with Gasteiger partial charge in [0.15, 0.2) is 0 Å². The molecule has 0 aliphatic heterocycles. The summed E-state index contributed by atoms with van der Waals surface area (Å²) in [5, 5.41) is 2.76. The number of anilines is 1. The number of benzene rings is 1. The fourth-order valence-corrected chi connectivity index (χ4v) is 2.85. The van der Waals surface area contributed by atoms with Crippen molar-refractivity contribution in [1.29, 1.82) is 0 Å². The molecule has 0 heterocycles. The van der Waals surface area contributed by atoms with Gasteiger partial charge in [-0.25, -0.2) is 4.39 Å². The van der Waals surface area contributed by atoms with Crippen LogP contribution in [-0.4, -0.2) is 43.0 Å². The molecule has 1 N–H and O–H groups in total. The number of nitrogens with one attached hydrogen (secondary N) is 1. The number of thioether (sulfide) groups is 1. The van der Waals surface area contributed by atoms with E-state index < -0.39 is 5.82 Å². The molecule has 1 atom stereocenters. The molecule has 0 radical (unpaired) electrons. The lowest BCUT2D eigenvalue weighted by Gasteiger charge is -2.27. The molecule has 1 aromatic carbocycles. The lowest BCUT2D eigenvalue weighted by molar-refractivity contribution is 0.0744. The maximum Gasteiger partial charge on any atom is 0.256 e. The van der Waals surface area contributed by atoms with Crippen molar-refractivity contribution in [2.24, 2.45) is 0 Å². The lowest BCUT2D eigenvalue weighted by atomic mass is 10.1. The number of para-hydroxylation sites is 1. The Morgan fingerprint density at radius 1 is 1.53 bits per heavy atom. The van der Waals surface area contributed by atoms with E-state index in [1.165, 1.54) is 6.07 Å². The summed E-state index contributed by atoms with van der Waals surface area (Å²) in [6.07, 6.45) is 2.90. The molecule has 0 fully saturated rings. The van der Waals surface area contributed by atoms with Gasteiger partial charge in [0.25, 0.3) is 5.91 Å². The van der Waals surface area contributed by atoms with Crippen LogP contribution in [0.1, 0.15) is 23.7 Å². The van der Waals surface area contributed by atoms with Gasteiger partial charge >= 0.3 is 0 Å². The van der Waals surface area contributed by atoms with Gasteiger partial charge in [0.05, 0.1) is 11.3 Å². The molecule has 5 heteroatoms. The number of amides is 1. The van der Waals surface area contributed by atoms with Crippen LogP contribution < -0.4 is 5.32 Å². The summed E-state index contributed by atoms with van der Waals surface area (Å²) in [5.74, 6) is 0.326. The second-order valence-electron chi connectivity index (χ2n) is 4.35. The molecule has 1 amide bonds. The molecule has 19 heavy (non-hydrogen) atoms. The first-order valence-corrected chi connectivity index (χ1v) is 7.68. The average Bonchev–Trinajstić information content (AvgIpc) is 2.42. The molecular weight excluding hydrogens is 263 g/mol. The molecule has 1 unspecified atom stereocenters. The molecule has 0 aliphatic carbocycles. The van der Waals surface area contributed by atoms with Crippen LogP contribution in [0.3, 0.4) is 0 Å². The molecule has 0 aromatic heterocycles. The third-order valence-electron chi connectivity index (χ3n) is 3.19. The minimum atomic E-state index is -0.403. The molecule has 0 aliphatic rings. The molecule has 0 saturated heterocycles. The molecule has 1 aromatic rings. The number of hydrogen-bond acceptors (Lipinski definition) is 3. The maximum absolute atomic E-state index is 13.7. The summed E-state index contributed by atoms with van der Waals surface area (Å²) in [6, 6.07) is 4.73. The highest BCUT2D eigenvalue weighted by Gasteiger charge is 2.22. The van der Waals surface area contributed by atoms with Crippen LogP contribution in [0.15, 0.2) is 18.2 Å². The highest BCUT2D eigenvalue weighted by atomic mass is 32.2. The molecule has 106 valence electrons. The first-order valence-electron chi connectivity index (χ1n) is 6.29. The second kappa shape index (κ2) is 7.38.